The molecule has 0 aliphatic heterocycles. The van der Waals surface area contributed by atoms with Crippen LogP contribution in [0, 0.1) is 11.3 Å². The standard InChI is InChI=1S/C9H12N4S/c10-5-7-8(13-9(11)14-7)12-6-3-1-2-4-6/h6,12H,1-4H2,(H2,11,13). The Morgan fingerprint density at radius 1 is 1.50 bits per heavy atom. The number of nitrogens with zero attached hydrogens (tertiary/aromatic N) is 2. The molecule has 1 heterocycles. The molecular weight excluding hydrogens is 196 g/mol. The van der Waals surface area contributed by atoms with Crippen LogP contribution in [0.15, 0.2) is 0 Å². The lowest BCUT2D eigenvalue weighted by Crippen LogP contribution is -2.15. The first kappa shape index (κ1) is 9.28. The molecule has 0 atom stereocenters. The lowest BCUT2D eigenvalue weighted by molar-refractivity contribution is 0.751. The molecule has 1 fully saturated rings. The van der Waals surface area contributed by atoms with Crippen LogP contribution in [0.4, 0.5) is 10.9 Å². The van der Waals surface area contributed by atoms with E-state index in [0.29, 0.717) is 21.9 Å². The first-order valence-electron chi connectivity index (χ1n) is 4.72. The molecular formula is C9H12N4S. The first-order chi connectivity index (χ1) is 6.79. The summed E-state index contributed by atoms with van der Waals surface area (Å²) in [5.41, 5.74) is 5.55. The Labute approximate surface area is 86.8 Å². The van der Waals surface area contributed by atoms with Crippen LogP contribution in [0.25, 0.3) is 0 Å². The summed E-state index contributed by atoms with van der Waals surface area (Å²) in [5, 5.41) is 12.6. The van der Waals surface area contributed by atoms with E-state index in [0.717, 1.165) is 0 Å². The highest BCUT2D eigenvalue weighted by atomic mass is 32.1. The van der Waals surface area contributed by atoms with E-state index in [1.807, 2.05) is 0 Å². The van der Waals surface area contributed by atoms with Gasteiger partial charge in [0.25, 0.3) is 0 Å². The van der Waals surface area contributed by atoms with Crippen LogP contribution in [0.5, 0.6) is 0 Å². The number of hydrogen-bond acceptors (Lipinski definition) is 5. The van der Waals surface area contributed by atoms with Crippen molar-refractivity contribution in [1.29, 1.82) is 5.26 Å². The third-order valence-electron chi connectivity index (χ3n) is 2.44. The summed E-state index contributed by atoms with van der Waals surface area (Å²) in [5.74, 6) is 0.668. The summed E-state index contributed by atoms with van der Waals surface area (Å²) in [6.45, 7) is 0. The van der Waals surface area contributed by atoms with Crippen molar-refractivity contribution in [2.24, 2.45) is 0 Å². The van der Waals surface area contributed by atoms with Gasteiger partial charge in [-0.2, -0.15) is 5.26 Å². The van der Waals surface area contributed by atoms with Crippen LogP contribution in [0.3, 0.4) is 0 Å². The summed E-state index contributed by atoms with van der Waals surface area (Å²) < 4.78 is 0. The molecule has 0 radical (unpaired) electrons. The molecule has 1 aliphatic carbocycles. The Kier molecular flexibility index (Phi) is 2.55. The molecule has 1 aromatic rings. The van der Waals surface area contributed by atoms with Crippen molar-refractivity contribution in [2.45, 2.75) is 31.7 Å². The van der Waals surface area contributed by atoms with Gasteiger partial charge in [-0.25, -0.2) is 4.98 Å². The number of hydrogen-bond donors (Lipinski definition) is 2. The molecule has 74 valence electrons. The number of nitrogen functional groups attached to an aromatic ring is 1. The molecule has 0 unspecified atom stereocenters. The number of rotatable bonds is 2. The zero-order valence-corrected chi connectivity index (χ0v) is 8.60. The highest BCUT2D eigenvalue weighted by Gasteiger charge is 2.18. The van der Waals surface area contributed by atoms with Crippen molar-refractivity contribution in [3.8, 4) is 6.07 Å². The predicted octanol–water partition coefficient (Wildman–Crippen LogP) is 1.95. The average molecular weight is 208 g/mol. The second-order valence-corrected chi connectivity index (χ2v) is 4.50. The second-order valence-electron chi connectivity index (χ2n) is 3.47. The lowest BCUT2D eigenvalue weighted by atomic mass is 10.2. The minimum atomic E-state index is 0.460. The van der Waals surface area contributed by atoms with Gasteiger partial charge in [-0.1, -0.05) is 24.2 Å². The van der Waals surface area contributed by atoms with Gasteiger partial charge in [0.05, 0.1) is 0 Å². The fourth-order valence-corrected chi connectivity index (χ4v) is 2.37. The summed E-state index contributed by atoms with van der Waals surface area (Å²) in [6.07, 6.45) is 4.86. The van der Waals surface area contributed by atoms with Gasteiger partial charge in [-0.3, -0.25) is 0 Å². The predicted molar refractivity (Wildman–Crippen MR) is 57.1 cm³/mol. The van der Waals surface area contributed by atoms with Crippen LogP contribution < -0.4 is 11.1 Å². The van der Waals surface area contributed by atoms with Gasteiger partial charge in [-0.15, -0.1) is 0 Å². The third-order valence-corrected chi connectivity index (χ3v) is 3.23. The van der Waals surface area contributed by atoms with Gasteiger partial charge in [0.1, 0.15) is 6.07 Å². The smallest absolute Gasteiger partial charge is 0.183 e. The van der Waals surface area contributed by atoms with Crippen molar-refractivity contribution in [2.75, 3.05) is 11.1 Å². The number of aromatic nitrogens is 1. The largest absolute Gasteiger partial charge is 0.375 e. The average Bonchev–Trinajstić information content (AvgIpc) is 2.76. The number of nitrogens with one attached hydrogen (secondary N) is 1. The zero-order valence-electron chi connectivity index (χ0n) is 7.79. The molecule has 0 spiro atoms. The van der Waals surface area contributed by atoms with E-state index >= 15 is 0 Å². The molecule has 2 rings (SSSR count). The van der Waals surface area contributed by atoms with E-state index in [-0.39, 0.29) is 0 Å². The van der Waals surface area contributed by atoms with E-state index < -0.39 is 0 Å². The molecule has 0 amide bonds. The maximum Gasteiger partial charge on any atom is 0.183 e. The van der Waals surface area contributed by atoms with E-state index in [2.05, 4.69) is 16.4 Å². The SMILES string of the molecule is N#Cc1sc(N)nc1NC1CCCC1. The highest BCUT2D eigenvalue weighted by Crippen LogP contribution is 2.27. The van der Waals surface area contributed by atoms with Gasteiger partial charge in [0.15, 0.2) is 15.8 Å². The normalized spacial score (nSPS) is 16.8. The maximum absolute atomic E-state index is 8.83. The molecule has 1 saturated carbocycles. The number of nitrogens with two attached hydrogens (primary N) is 1. The van der Waals surface area contributed by atoms with Gasteiger partial charge in [0, 0.05) is 6.04 Å². The Bertz CT molecular complexity index is 359. The molecule has 3 N–H and O–H groups in total. The summed E-state index contributed by atoms with van der Waals surface area (Å²) in [7, 11) is 0. The van der Waals surface area contributed by atoms with Crippen LogP contribution >= 0.6 is 11.3 Å². The molecule has 0 bridgehead atoms. The van der Waals surface area contributed by atoms with Gasteiger partial charge in [-0.05, 0) is 12.8 Å². The van der Waals surface area contributed by atoms with Gasteiger partial charge in [0.2, 0.25) is 0 Å². The third kappa shape index (κ3) is 1.80. The highest BCUT2D eigenvalue weighted by molar-refractivity contribution is 7.16. The molecule has 1 aliphatic rings. The molecule has 0 saturated heterocycles. The molecule has 1 aromatic heterocycles. The minimum absolute atomic E-state index is 0.460. The fourth-order valence-electron chi connectivity index (χ4n) is 1.77. The number of thiazole rings is 1. The molecule has 4 nitrogen and oxygen atoms in total. The lowest BCUT2D eigenvalue weighted by Gasteiger charge is -2.10. The molecule has 0 aromatic carbocycles. The monoisotopic (exact) mass is 208 g/mol. The first-order valence-corrected chi connectivity index (χ1v) is 5.54. The topological polar surface area (TPSA) is 74.7 Å². The van der Waals surface area contributed by atoms with E-state index in [1.165, 1.54) is 37.0 Å². The van der Waals surface area contributed by atoms with Crippen molar-refractivity contribution < 1.29 is 0 Å². The zero-order chi connectivity index (χ0) is 9.97. The van der Waals surface area contributed by atoms with Crippen LogP contribution in [-0.4, -0.2) is 11.0 Å². The summed E-state index contributed by atoms with van der Waals surface area (Å²) in [4.78, 5) is 4.70. The van der Waals surface area contributed by atoms with Crippen LogP contribution in [-0.2, 0) is 0 Å². The van der Waals surface area contributed by atoms with E-state index in [1.54, 1.807) is 0 Å². The van der Waals surface area contributed by atoms with Crippen molar-refractivity contribution in [3.63, 3.8) is 0 Å². The van der Waals surface area contributed by atoms with Crippen molar-refractivity contribution in [3.05, 3.63) is 4.88 Å². The molecule has 5 heteroatoms. The Hall–Kier alpha value is -1.28. The van der Waals surface area contributed by atoms with Crippen molar-refractivity contribution in [1.82, 2.24) is 4.98 Å². The Morgan fingerprint density at radius 2 is 2.21 bits per heavy atom. The maximum atomic E-state index is 8.83. The van der Waals surface area contributed by atoms with E-state index in [4.69, 9.17) is 11.0 Å². The Morgan fingerprint density at radius 3 is 2.86 bits per heavy atom. The van der Waals surface area contributed by atoms with Crippen LogP contribution in [0.2, 0.25) is 0 Å². The summed E-state index contributed by atoms with van der Waals surface area (Å²) >= 11 is 1.24. The summed E-state index contributed by atoms with van der Waals surface area (Å²) in [6, 6.07) is 2.58. The van der Waals surface area contributed by atoms with Crippen LogP contribution in [0.1, 0.15) is 30.6 Å². The van der Waals surface area contributed by atoms with Gasteiger partial charge < -0.3 is 11.1 Å². The number of anilines is 2. The minimum Gasteiger partial charge on any atom is -0.375 e. The number of nitriles is 1. The van der Waals surface area contributed by atoms with Gasteiger partial charge >= 0.3 is 0 Å². The quantitative estimate of drug-likeness (QED) is 0.779. The van der Waals surface area contributed by atoms with Crippen molar-refractivity contribution >= 4 is 22.3 Å². The second kappa shape index (κ2) is 3.84. The van der Waals surface area contributed by atoms with E-state index in [9.17, 15) is 0 Å². The fraction of sp³-hybridized carbons (Fsp3) is 0.556. The Balaban J connectivity index is 2.11. The molecule has 14 heavy (non-hydrogen) atoms.